The number of alkyl halides is 1. The summed E-state index contributed by atoms with van der Waals surface area (Å²) >= 11 is 3.83. The van der Waals surface area contributed by atoms with E-state index in [1.54, 1.807) is 0 Å². The zero-order chi connectivity index (χ0) is 13.9. The second-order valence-electron chi connectivity index (χ2n) is 5.70. The molecule has 0 spiro atoms. The van der Waals surface area contributed by atoms with Crippen LogP contribution < -0.4 is 0 Å². The predicted molar refractivity (Wildman–Crippen MR) is 90.2 cm³/mol. The molecule has 0 saturated heterocycles. The first-order chi connectivity index (χ1) is 9.22. The van der Waals surface area contributed by atoms with Crippen molar-refractivity contribution >= 4 is 15.9 Å². The molecule has 0 N–H and O–H groups in total. The van der Waals surface area contributed by atoms with Gasteiger partial charge in [0.1, 0.15) is 0 Å². The van der Waals surface area contributed by atoms with Crippen molar-refractivity contribution in [2.24, 2.45) is 0 Å². The third-order valence-corrected chi connectivity index (χ3v) is 4.48. The largest absolute Gasteiger partial charge is 0.0887 e. The van der Waals surface area contributed by atoms with E-state index in [4.69, 9.17) is 0 Å². The summed E-state index contributed by atoms with van der Waals surface area (Å²) in [5.74, 6) is 0. The number of hydrogen-bond acceptors (Lipinski definition) is 0. The standard InChI is InChI=1S/C18H29Br/c1-3-4-5-6-7-8-9-10-18(19)15-17-13-11-16(2)12-14-17/h11-14,18H,3-10,15H2,1-2H3. The first-order valence-electron chi connectivity index (χ1n) is 7.92. The van der Waals surface area contributed by atoms with Crippen LogP contribution in [0.2, 0.25) is 0 Å². The van der Waals surface area contributed by atoms with E-state index in [0.29, 0.717) is 4.83 Å². The molecule has 0 saturated carbocycles. The molecule has 0 bridgehead atoms. The molecule has 0 nitrogen and oxygen atoms in total. The van der Waals surface area contributed by atoms with Crippen LogP contribution in [0.25, 0.3) is 0 Å². The summed E-state index contributed by atoms with van der Waals surface area (Å²) in [6.45, 7) is 4.43. The van der Waals surface area contributed by atoms with Gasteiger partial charge in [-0.1, -0.05) is 97.6 Å². The van der Waals surface area contributed by atoms with Crippen molar-refractivity contribution in [1.29, 1.82) is 0 Å². The Morgan fingerprint density at radius 1 is 0.895 bits per heavy atom. The highest BCUT2D eigenvalue weighted by molar-refractivity contribution is 9.09. The number of halogens is 1. The topological polar surface area (TPSA) is 0 Å². The molecule has 0 fully saturated rings. The smallest absolute Gasteiger partial charge is 0.0186 e. The van der Waals surface area contributed by atoms with Crippen LogP contribution >= 0.6 is 15.9 Å². The highest BCUT2D eigenvalue weighted by atomic mass is 79.9. The van der Waals surface area contributed by atoms with Crippen molar-refractivity contribution in [2.75, 3.05) is 0 Å². The minimum atomic E-state index is 0.644. The summed E-state index contributed by atoms with van der Waals surface area (Å²) in [5, 5.41) is 0. The average Bonchev–Trinajstić information content (AvgIpc) is 2.40. The summed E-state index contributed by atoms with van der Waals surface area (Å²) in [5.41, 5.74) is 2.80. The zero-order valence-corrected chi connectivity index (χ0v) is 14.2. The third kappa shape index (κ3) is 8.47. The van der Waals surface area contributed by atoms with Crippen LogP contribution in [0.4, 0.5) is 0 Å². The fourth-order valence-electron chi connectivity index (χ4n) is 2.40. The summed E-state index contributed by atoms with van der Waals surface area (Å²) < 4.78 is 0. The molecule has 1 unspecified atom stereocenters. The van der Waals surface area contributed by atoms with Gasteiger partial charge in [0, 0.05) is 4.83 Å². The number of hydrogen-bond donors (Lipinski definition) is 0. The molecule has 0 aromatic heterocycles. The molecule has 0 aliphatic carbocycles. The highest BCUT2D eigenvalue weighted by Crippen LogP contribution is 2.18. The van der Waals surface area contributed by atoms with Crippen LogP contribution in [0, 0.1) is 6.92 Å². The lowest BCUT2D eigenvalue weighted by atomic mass is 10.0. The summed E-state index contributed by atoms with van der Waals surface area (Å²) in [6.07, 6.45) is 12.3. The Labute approximate surface area is 128 Å². The summed E-state index contributed by atoms with van der Waals surface area (Å²) in [4.78, 5) is 0.644. The fourth-order valence-corrected chi connectivity index (χ4v) is 3.10. The Balaban J connectivity index is 2.04. The van der Waals surface area contributed by atoms with Gasteiger partial charge in [0.15, 0.2) is 0 Å². The third-order valence-electron chi connectivity index (χ3n) is 3.70. The molecule has 0 aliphatic rings. The van der Waals surface area contributed by atoms with Crippen LogP contribution in [-0.2, 0) is 6.42 Å². The van der Waals surface area contributed by atoms with E-state index in [1.165, 1.54) is 62.5 Å². The maximum atomic E-state index is 3.83. The van der Waals surface area contributed by atoms with Gasteiger partial charge in [-0.25, -0.2) is 0 Å². The molecule has 0 radical (unpaired) electrons. The van der Waals surface area contributed by atoms with E-state index in [9.17, 15) is 0 Å². The van der Waals surface area contributed by atoms with Crippen molar-refractivity contribution < 1.29 is 0 Å². The highest BCUT2D eigenvalue weighted by Gasteiger charge is 2.05. The van der Waals surface area contributed by atoms with Crippen LogP contribution in [0.3, 0.4) is 0 Å². The molecular weight excluding hydrogens is 296 g/mol. The van der Waals surface area contributed by atoms with Gasteiger partial charge in [-0.3, -0.25) is 0 Å². The number of rotatable bonds is 10. The molecule has 1 rings (SSSR count). The van der Waals surface area contributed by atoms with E-state index in [2.05, 4.69) is 54.0 Å². The molecule has 1 heteroatoms. The lowest BCUT2D eigenvalue weighted by molar-refractivity contribution is 0.570. The molecule has 108 valence electrons. The number of aryl methyl sites for hydroxylation is 1. The van der Waals surface area contributed by atoms with Gasteiger partial charge in [0.25, 0.3) is 0 Å². The quantitative estimate of drug-likeness (QED) is 0.343. The average molecular weight is 325 g/mol. The van der Waals surface area contributed by atoms with Crippen LogP contribution in [0.5, 0.6) is 0 Å². The molecular formula is C18H29Br. The zero-order valence-electron chi connectivity index (χ0n) is 12.6. The van der Waals surface area contributed by atoms with E-state index >= 15 is 0 Å². The molecule has 19 heavy (non-hydrogen) atoms. The van der Waals surface area contributed by atoms with Gasteiger partial charge in [-0.15, -0.1) is 0 Å². The molecule has 1 aromatic rings. The predicted octanol–water partition coefficient (Wildman–Crippen LogP) is 6.44. The Hall–Kier alpha value is -0.300. The van der Waals surface area contributed by atoms with Gasteiger partial charge in [0.2, 0.25) is 0 Å². The van der Waals surface area contributed by atoms with E-state index < -0.39 is 0 Å². The Morgan fingerprint density at radius 3 is 2.11 bits per heavy atom. The summed E-state index contributed by atoms with van der Waals surface area (Å²) in [7, 11) is 0. The van der Waals surface area contributed by atoms with E-state index in [-0.39, 0.29) is 0 Å². The van der Waals surface area contributed by atoms with Crippen molar-refractivity contribution in [1.82, 2.24) is 0 Å². The second-order valence-corrected chi connectivity index (χ2v) is 6.99. The minimum absolute atomic E-state index is 0.644. The van der Waals surface area contributed by atoms with Crippen molar-refractivity contribution in [3.63, 3.8) is 0 Å². The minimum Gasteiger partial charge on any atom is -0.0887 e. The lowest BCUT2D eigenvalue weighted by Gasteiger charge is -2.10. The van der Waals surface area contributed by atoms with Gasteiger partial charge in [-0.05, 0) is 25.3 Å². The SMILES string of the molecule is CCCCCCCCCC(Br)Cc1ccc(C)cc1. The Bertz CT molecular complexity index is 315. The monoisotopic (exact) mass is 324 g/mol. The van der Waals surface area contributed by atoms with Crippen LogP contribution in [0.15, 0.2) is 24.3 Å². The maximum absolute atomic E-state index is 3.83. The first kappa shape index (κ1) is 16.8. The Kier molecular flexibility index (Phi) is 9.24. The van der Waals surface area contributed by atoms with Crippen molar-refractivity contribution in [3.05, 3.63) is 35.4 Å². The molecule has 1 aromatic carbocycles. The van der Waals surface area contributed by atoms with Crippen molar-refractivity contribution in [2.45, 2.75) is 76.5 Å². The van der Waals surface area contributed by atoms with Crippen LogP contribution in [-0.4, -0.2) is 4.83 Å². The first-order valence-corrected chi connectivity index (χ1v) is 8.83. The fraction of sp³-hybridized carbons (Fsp3) is 0.667. The number of benzene rings is 1. The molecule has 1 atom stereocenters. The Morgan fingerprint density at radius 2 is 1.47 bits per heavy atom. The molecule has 0 aliphatic heterocycles. The molecule has 0 heterocycles. The van der Waals surface area contributed by atoms with E-state index in [1.807, 2.05) is 0 Å². The van der Waals surface area contributed by atoms with Crippen molar-refractivity contribution in [3.8, 4) is 0 Å². The molecule has 0 amide bonds. The van der Waals surface area contributed by atoms with Gasteiger partial charge in [0.05, 0.1) is 0 Å². The summed E-state index contributed by atoms with van der Waals surface area (Å²) in [6, 6.07) is 8.94. The van der Waals surface area contributed by atoms with Crippen LogP contribution in [0.1, 0.15) is 69.4 Å². The number of unbranched alkanes of at least 4 members (excludes halogenated alkanes) is 6. The van der Waals surface area contributed by atoms with Gasteiger partial charge < -0.3 is 0 Å². The van der Waals surface area contributed by atoms with Gasteiger partial charge in [-0.2, -0.15) is 0 Å². The van der Waals surface area contributed by atoms with E-state index in [0.717, 1.165) is 6.42 Å². The normalized spacial score (nSPS) is 12.6. The lowest BCUT2D eigenvalue weighted by Crippen LogP contribution is -2.02. The van der Waals surface area contributed by atoms with Gasteiger partial charge >= 0.3 is 0 Å². The second kappa shape index (κ2) is 10.5. The maximum Gasteiger partial charge on any atom is 0.0186 e.